The van der Waals surface area contributed by atoms with Crippen LogP contribution in [0.2, 0.25) is 5.02 Å². The van der Waals surface area contributed by atoms with Gasteiger partial charge in [-0.25, -0.2) is 0 Å². The average Bonchev–Trinajstić information content (AvgIpc) is 2.49. The van der Waals surface area contributed by atoms with Crippen LogP contribution >= 0.6 is 11.6 Å². The van der Waals surface area contributed by atoms with Gasteiger partial charge in [-0.05, 0) is 54.6 Å². The van der Waals surface area contributed by atoms with Crippen LogP contribution in [0.1, 0.15) is 11.1 Å². The quantitative estimate of drug-likeness (QED) is 0.889. The van der Waals surface area contributed by atoms with Crippen molar-refractivity contribution in [3.63, 3.8) is 0 Å². The van der Waals surface area contributed by atoms with Gasteiger partial charge in [-0.1, -0.05) is 23.7 Å². The minimum Gasteiger partial charge on any atom is -0.497 e. The smallest absolute Gasteiger partial charge is 0.118 e. The van der Waals surface area contributed by atoms with E-state index in [9.17, 15) is 0 Å². The number of pyridine rings is 1. The Kier molecular flexibility index (Phi) is 5.39. The maximum Gasteiger partial charge on any atom is 0.118 e. The first-order valence-electron chi connectivity index (χ1n) is 6.64. The van der Waals surface area contributed by atoms with E-state index in [2.05, 4.69) is 17.1 Å². The fourth-order valence-corrected chi connectivity index (χ4v) is 2.41. The molecule has 1 unspecified atom stereocenters. The highest BCUT2D eigenvalue weighted by Gasteiger charge is 2.11. The predicted molar refractivity (Wildman–Crippen MR) is 82.2 cm³/mol. The molecule has 1 aromatic heterocycles. The molecule has 0 bridgehead atoms. The number of ether oxygens (including phenoxy) is 1. The summed E-state index contributed by atoms with van der Waals surface area (Å²) in [7, 11) is 1.67. The summed E-state index contributed by atoms with van der Waals surface area (Å²) >= 11 is 6.15. The fourth-order valence-electron chi connectivity index (χ4n) is 2.21. The van der Waals surface area contributed by atoms with Crippen molar-refractivity contribution >= 4 is 11.6 Å². The zero-order chi connectivity index (χ0) is 14.4. The van der Waals surface area contributed by atoms with E-state index in [0.717, 1.165) is 24.2 Å². The topological polar surface area (TPSA) is 48.1 Å². The van der Waals surface area contributed by atoms with Crippen molar-refractivity contribution in [1.82, 2.24) is 4.98 Å². The lowest BCUT2D eigenvalue weighted by Crippen LogP contribution is -2.19. The molecule has 1 heterocycles. The van der Waals surface area contributed by atoms with Crippen LogP contribution in [0, 0.1) is 5.92 Å². The van der Waals surface area contributed by atoms with E-state index in [-0.39, 0.29) is 0 Å². The van der Waals surface area contributed by atoms with Gasteiger partial charge in [0, 0.05) is 12.4 Å². The average molecular weight is 291 g/mol. The number of hydrogen-bond acceptors (Lipinski definition) is 3. The molecule has 0 fully saturated rings. The summed E-state index contributed by atoms with van der Waals surface area (Å²) in [5, 5.41) is 0.709. The van der Waals surface area contributed by atoms with Crippen LogP contribution in [0.4, 0.5) is 0 Å². The van der Waals surface area contributed by atoms with Crippen LogP contribution in [-0.2, 0) is 12.8 Å². The van der Waals surface area contributed by atoms with E-state index in [1.807, 2.05) is 18.2 Å². The summed E-state index contributed by atoms with van der Waals surface area (Å²) in [4.78, 5) is 4.00. The summed E-state index contributed by atoms with van der Waals surface area (Å²) in [5.74, 6) is 1.23. The highest BCUT2D eigenvalue weighted by atomic mass is 35.5. The Hall–Kier alpha value is -1.58. The highest BCUT2D eigenvalue weighted by molar-refractivity contribution is 6.31. The van der Waals surface area contributed by atoms with Gasteiger partial charge in [0.05, 0.1) is 12.1 Å². The van der Waals surface area contributed by atoms with Gasteiger partial charge in [0.25, 0.3) is 0 Å². The van der Waals surface area contributed by atoms with Crippen molar-refractivity contribution in [3.8, 4) is 5.75 Å². The Morgan fingerprint density at radius 1 is 1.20 bits per heavy atom. The van der Waals surface area contributed by atoms with E-state index in [4.69, 9.17) is 22.1 Å². The van der Waals surface area contributed by atoms with Crippen molar-refractivity contribution in [3.05, 3.63) is 58.9 Å². The van der Waals surface area contributed by atoms with Gasteiger partial charge in [-0.15, -0.1) is 0 Å². The molecule has 20 heavy (non-hydrogen) atoms. The van der Waals surface area contributed by atoms with Gasteiger partial charge in [0.2, 0.25) is 0 Å². The Balaban J connectivity index is 2.03. The largest absolute Gasteiger partial charge is 0.497 e. The summed E-state index contributed by atoms with van der Waals surface area (Å²) in [6.07, 6.45) is 5.24. The van der Waals surface area contributed by atoms with Gasteiger partial charge in [0.15, 0.2) is 0 Å². The minimum atomic E-state index is 0.364. The zero-order valence-electron chi connectivity index (χ0n) is 11.6. The van der Waals surface area contributed by atoms with Crippen molar-refractivity contribution in [2.24, 2.45) is 11.7 Å². The Labute approximate surface area is 124 Å². The molecule has 2 rings (SSSR count). The lowest BCUT2D eigenvalue weighted by Gasteiger charge is -2.16. The molecule has 1 atom stereocenters. The number of methoxy groups -OCH3 is 1. The molecule has 1 aromatic carbocycles. The highest BCUT2D eigenvalue weighted by Crippen LogP contribution is 2.21. The van der Waals surface area contributed by atoms with Gasteiger partial charge in [-0.3, -0.25) is 4.98 Å². The number of halogens is 1. The number of rotatable bonds is 6. The van der Waals surface area contributed by atoms with Gasteiger partial charge >= 0.3 is 0 Å². The third kappa shape index (κ3) is 3.95. The summed E-state index contributed by atoms with van der Waals surface area (Å²) in [6.45, 7) is 0.630. The molecule has 0 aliphatic carbocycles. The van der Waals surface area contributed by atoms with Crippen LogP contribution in [0.15, 0.2) is 42.7 Å². The van der Waals surface area contributed by atoms with Crippen LogP contribution < -0.4 is 10.5 Å². The van der Waals surface area contributed by atoms with Crippen LogP contribution in [0.25, 0.3) is 0 Å². The standard InChI is InChI=1S/C16H19ClN2O/c1-20-15-4-2-12(3-5-15)8-13(10-18)9-14-6-7-19-11-16(14)17/h2-7,11,13H,8-10,18H2,1H3. The Morgan fingerprint density at radius 2 is 1.95 bits per heavy atom. The molecule has 2 aromatic rings. The first-order valence-corrected chi connectivity index (χ1v) is 7.02. The number of hydrogen-bond donors (Lipinski definition) is 1. The predicted octanol–water partition coefficient (Wildman–Crippen LogP) is 3.10. The molecule has 0 amide bonds. The van der Waals surface area contributed by atoms with E-state index < -0.39 is 0 Å². The summed E-state index contributed by atoms with van der Waals surface area (Å²) in [5.41, 5.74) is 8.25. The zero-order valence-corrected chi connectivity index (χ0v) is 12.3. The van der Waals surface area contributed by atoms with E-state index in [1.165, 1.54) is 5.56 Å². The molecule has 0 saturated heterocycles. The molecule has 106 valence electrons. The lowest BCUT2D eigenvalue weighted by atomic mass is 9.93. The lowest BCUT2D eigenvalue weighted by molar-refractivity contribution is 0.414. The van der Waals surface area contributed by atoms with E-state index in [0.29, 0.717) is 17.5 Å². The molecule has 2 N–H and O–H groups in total. The molecule has 0 aliphatic heterocycles. The van der Waals surface area contributed by atoms with Crippen LogP contribution in [0.3, 0.4) is 0 Å². The second-order valence-electron chi connectivity index (χ2n) is 4.83. The first-order chi connectivity index (χ1) is 9.72. The SMILES string of the molecule is COc1ccc(CC(CN)Cc2ccncc2Cl)cc1. The number of nitrogens with two attached hydrogens (primary N) is 1. The van der Waals surface area contributed by atoms with E-state index >= 15 is 0 Å². The molecular weight excluding hydrogens is 272 g/mol. The normalized spacial score (nSPS) is 12.2. The fraction of sp³-hybridized carbons (Fsp3) is 0.312. The minimum absolute atomic E-state index is 0.364. The van der Waals surface area contributed by atoms with Crippen molar-refractivity contribution in [1.29, 1.82) is 0 Å². The molecule has 0 spiro atoms. The summed E-state index contributed by atoms with van der Waals surface area (Å²) < 4.78 is 5.16. The number of benzene rings is 1. The van der Waals surface area contributed by atoms with Gasteiger partial charge < -0.3 is 10.5 Å². The van der Waals surface area contributed by atoms with Crippen LogP contribution in [-0.4, -0.2) is 18.6 Å². The van der Waals surface area contributed by atoms with Crippen molar-refractivity contribution < 1.29 is 4.74 Å². The van der Waals surface area contributed by atoms with E-state index in [1.54, 1.807) is 19.5 Å². The molecule has 4 heteroatoms. The second kappa shape index (κ2) is 7.27. The molecular formula is C16H19ClN2O. The maximum absolute atomic E-state index is 6.15. The Bertz CT molecular complexity index is 542. The molecule has 0 radical (unpaired) electrons. The number of aromatic nitrogens is 1. The second-order valence-corrected chi connectivity index (χ2v) is 5.23. The summed E-state index contributed by atoms with van der Waals surface area (Å²) in [6, 6.07) is 10.1. The first kappa shape index (κ1) is 14.8. The van der Waals surface area contributed by atoms with Gasteiger partial charge in [0.1, 0.15) is 5.75 Å². The monoisotopic (exact) mass is 290 g/mol. The molecule has 0 aliphatic rings. The third-order valence-corrected chi connectivity index (χ3v) is 3.72. The molecule has 3 nitrogen and oxygen atoms in total. The van der Waals surface area contributed by atoms with Gasteiger partial charge in [-0.2, -0.15) is 0 Å². The number of nitrogens with zero attached hydrogens (tertiary/aromatic N) is 1. The van der Waals surface area contributed by atoms with Crippen molar-refractivity contribution in [2.45, 2.75) is 12.8 Å². The van der Waals surface area contributed by atoms with Crippen LogP contribution in [0.5, 0.6) is 5.75 Å². The van der Waals surface area contributed by atoms with Crippen molar-refractivity contribution in [2.75, 3.05) is 13.7 Å². The third-order valence-electron chi connectivity index (χ3n) is 3.38. The maximum atomic E-state index is 6.15. The molecule has 0 saturated carbocycles. The Morgan fingerprint density at radius 3 is 2.55 bits per heavy atom.